The molecule has 0 bridgehead atoms. The van der Waals surface area contributed by atoms with Crippen molar-refractivity contribution in [1.82, 2.24) is 0 Å². The zero-order valence-corrected chi connectivity index (χ0v) is 9.70. The summed E-state index contributed by atoms with van der Waals surface area (Å²) in [6, 6.07) is 5.83. The Morgan fingerprint density at radius 1 is 1.38 bits per heavy atom. The average Bonchev–Trinajstić information content (AvgIpc) is 2.28. The average molecular weight is 224 g/mol. The molecular formula is C12H20N2O2. The topological polar surface area (TPSA) is 67.5 Å². The standard InChI is InChI=1S/C12H20N2O2/c1-10-3-4-11(13)9-12(10)14-5-2-7-16-8-6-15/h3-4,9,14-15H,2,5-8,13H2,1H3. The summed E-state index contributed by atoms with van der Waals surface area (Å²) in [4.78, 5) is 0. The van der Waals surface area contributed by atoms with E-state index in [0.29, 0.717) is 13.2 Å². The van der Waals surface area contributed by atoms with Gasteiger partial charge in [0.1, 0.15) is 0 Å². The Morgan fingerprint density at radius 3 is 2.94 bits per heavy atom. The number of anilines is 2. The van der Waals surface area contributed by atoms with Gasteiger partial charge < -0.3 is 20.9 Å². The smallest absolute Gasteiger partial charge is 0.0697 e. The van der Waals surface area contributed by atoms with Crippen molar-refractivity contribution in [3.05, 3.63) is 23.8 Å². The van der Waals surface area contributed by atoms with Crippen LogP contribution in [0.3, 0.4) is 0 Å². The van der Waals surface area contributed by atoms with E-state index in [4.69, 9.17) is 15.6 Å². The van der Waals surface area contributed by atoms with Gasteiger partial charge in [0.05, 0.1) is 13.2 Å². The molecule has 0 aliphatic rings. The van der Waals surface area contributed by atoms with Crippen LogP contribution < -0.4 is 11.1 Å². The first-order valence-electron chi connectivity index (χ1n) is 5.52. The van der Waals surface area contributed by atoms with Crippen LogP contribution in [0.4, 0.5) is 11.4 Å². The van der Waals surface area contributed by atoms with Gasteiger partial charge in [-0.15, -0.1) is 0 Å². The van der Waals surface area contributed by atoms with Crippen LogP contribution in [-0.2, 0) is 4.74 Å². The number of hydrogen-bond donors (Lipinski definition) is 3. The predicted octanol–water partition coefficient (Wildman–Crippen LogP) is 1.39. The summed E-state index contributed by atoms with van der Waals surface area (Å²) in [6.07, 6.45) is 0.911. The number of aryl methyl sites for hydroxylation is 1. The van der Waals surface area contributed by atoms with E-state index in [9.17, 15) is 0 Å². The van der Waals surface area contributed by atoms with Gasteiger partial charge in [0, 0.05) is 24.5 Å². The second-order valence-electron chi connectivity index (χ2n) is 3.69. The van der Waals surface area contributed by atoms with Crippen LogP contribution in [0.5, 0.6) is 0 Å². The maximum Gasteiger partial charge on any atom is 0.0697 e. The normalized spacial score (nSPS) is 10.4. The Kier molecular flexibility index (Phi) is 5.67. The van der Waals surface area contributed by atoms with E-state index in [2.05, 4.69) is 5.32 Å². The number of rotatable bonds is 7. The highest BCUT2D eigenvalue weighted by Gasteiger charge is 1.97. The molecule has 0 spiro atoms. The molecule has 4 nitrogen and oxygen atoms in total. The third-order valence-electron chi connectivity index (χ3n) is 2.28. The minimum atomic E-state index is 0.0851. The van der Waals surface area contributed by atoms with Gasteiger partial charge in [0.2, 0.25) is 0 Å². The number of aliphatic hydroxyl groups excluding tert-OH is 1. The van der Waals surface area contributed by atoms with E-state index >= 15 is 0 Å². The van der Waals surface area contributed by atoms with Crippen LogP contribution in [0.15, 0.2) is 18.2 Å². The zero-order valence-electron chi connectivity index (χ0n) is 9.70. The summed E-state index contributed by atoms with van der Waals surface area (Å²) < 4.78 is 5.16. The van der Waals surface area contributed by atoms with Crippen molar-refractivity contribution in [2.75, 3.05) is 37.4 Å². The molecule has 0 radical (unpaired) electrons. The SMILES string of the molecule is Cc1ccc(N)cc1NCCCOCCO. The van der Waals surface area contributed by atoms with Gasteiger partial charge in [0.25, 0.3) is 0 Å². The number of ether oxygens (including phenoxy) is 1. The van der Waals surface area contributed by atoms with Gasteiger partial charge in [-0.05, 0) is 31.0 Å². The van der Waals surface area contributed by atoms with E-state index < -0.39 is 0 Å². The molecule has 0 heterocycles. The first-order chi connectivity index (χ1) is 7.74. The highest BCUT2D eigenvalue weighted by Crippen LogP contribution is 2.17. The Balaban J connectivity index is 2.23. The number of nitrogens with two attached hydrogens (primary N) is 1. The van der Waals surface area contributed by atoms with Crippen molar-refractivity contribution >= 4 is 11.4 Å². The van der Waals surface area contributed by atoms with Crippen LogP contribution in [0, 0.1) is 6.92 Å². The molecule has 0 aliphatic heterocycles. The lowest BCUT2D eigenvalue weighted by Gasteiger charge is -2.10. The third-order valence-corrected chi connectivity index (χ3v) is 2.28. The number of aliphatic hydroxyl groups is 1. The molecular weight excluding hydrogens is 204 g/mol. The highest BCUT2D eigenvalue weighted by atomic mass is 16.5. The molecule has 0 atom stereocenters. The Morgan fingerprint density at radius 2 is 2.19 bits per heavy atom. The first-order valence-corrected chi connectivity index (χ1v) is 5.52. The lowest BCUT2D eigenvalue weighted by Crippen LogP contribution is -2.08. The van der Waals surface area contributed by atoms with Crippen molar-refractivity contribution < 1.29 is 9.84 Å². The summed E-state index contributed by atoms with van der Waals surface area (Å²) in [5, 5.41) is 11.8. The lowest BCUT2D eigenvalue weighted by atomic mass is 10.2. The van der Waals surface area contributed by atoms with Gasteiger partial charge in [-0.25, -0.2) is 0 Å². The minimum Gasteiger partial charge on any atom is -0.399 e. The molecule has 90 valence electrons. The van der Waals surface area contributed by atoms with Crippen LogP contribution in [-0.4, -0.2) is 31.5 Å². The third kappa shape index (κ3) is 4.51. The van der Waals surface area contributed by atoms with Crippen molar-refractivity contribution in [2.45, 2.75) is 13.3 Å². The van der Waals surface area contributed by atoms with Crippen LogP contribution in [0.2, 0.25) is 0 Å². The molecule has 0 aromatic heterocycles. The molecule has 16 heavy (non-hydrogen) atoms. The van der Waals surface area contributed by atoms with Gasteiger partial charge in [0.15, 0.2) is 0 Å². The van der Waals surface area contributed by atoms with E-state index in [1.54, 1.807) is 0 Å². The predicted molar refractivity (Wildman–Crippen MR) is 66.6 cm³/mol. The monoisotopic (exact) mass is 224 g/mol. The fraction of sp³-hybridized carbons (Fsp3) is 0.500. The molecule has 1 aromatic rings. The number of benzene rings is 1. The Hall–Kier alpha value is -1.26. The van der Waals surface area contributed by atoms with E-state index in [1.165, 1.54) is 5.56 Å². The number of nitrogens with one attached hydrogen (secondary N) is 1. The number of nitrogen functional groups attached to an aromatic ring is 1. The van der Waals surface area contributed by atoms with Gasteiger partial charge >= 0.3 is 0 Å². The molecule has 1 aromatic carbocycles. The van der Waals surface area contributed by atoms with Gasteiger partial charge in [-0.1, -0.05) is 6.07 Å². The van der Waals surface area contributed by atoms with Crippen LogP contribution in [0.25, 0.3) is 0 Å². The molecule has 0 saturated carbocycles. The first kappa shape index (κ1) is 12.8. The second kappa shape index (κ2) is 7.09. The molecule has 0 unspecified atom stereocenters. The molecule has 4 N–H and O–H groups in total. The molecule has 1 rings (SSSR count). The number of hydrogen-bond acceptors (Lipinski definition) is 4. The van der Waals surface area contributed by atoms with Gasteiger partial charge in [-0.3, -0.25) is 0 Å². The van der Waals surface area contributed by atoms with Crippen molar-refractivity contribution in [1.29, 1.82) is 0 Å². The maximum absolute atomic E-state index is 8.51. The van der Waals surface area contributed by atoms with Gasteiger partial charge in [-0.2, -0.15) is 0 Å². The fourth-order valence-corrected chi connectivity index (χ4v) is 1.39. The summed E-state index contributed by atoms with van der Waals surface area (Å²) >= 11 is 0. The highest BCUT2D eigenvalue weighted by molar-refractivity contribution is 5.59. The quantitative estimate of drug-likeness (QED) is 0.483. The Labute approximate surface area is 96.4 Å². The largest absolute Gasteiger partial charge is 0.399 e. The molecule has 0 amide bonds. The molecule has 0 fully saturated rings. The van der Waals surface area contributed by atoms with E-state index in [-0.39, 0.29) is 6.61 Å². The summed E-state index contributed by atoms with van der Waals surface area (Å²) in [6.45, 7) is 4.05. The van der Waals surface area contributed by atoms with Crippen LogP contribution >= 0.6 is 0 Å². The van der Waals surface area contributed by atoms with Crippen molar-refractivity contribution in [3.8, 4) is 0 Å². The summed E-state index contributed by atoms with van der Waals surface area (Å²) in [5.74, 6) is 0. The maximum atomic E-state index is 8.51. The fourth-order valence-electron chi connectivity index (χ4n) is 1.39. The summed E-state index contributed by atoms with van der Waals surface area (Å²) in [5.41, 5.74) is 8.73. The van der Waals surface area contributed by atoms with E-state index in [0.717, 1.165) is 24.3 Å². The van der Waals surface area contributed by atoms with Crippen molar-refractivity contribution in [3.63, 3.8) is 0 Å². The lowest BCUT2D eigenvalue weighted by molar-refractivity contribution is 0.0922. The summed E-state index contributed by atoms with van der Waals surface area (Å²) in [7, 11) is 0. The molecule has 4 heteroatoms. The second-order valence-corrected chi connectivity index (χ2v) is 3.69. The zero-order chi connectivity index (χ0) is 11.8. The molecule has 0 saturated heterocycles. The minimum absolute atomic E-state index is 0.0851. The van der Waals surface area contributed by atoms with Crippen LogP contribution in [0.1, 0.15) is 12.0 Å². The molecule has 0 aliphatic carbocycles. The van der Waals surface area contributed by atoms with E-state index in [1.807, 2.05) is 25.1 Å². The van der Waals surface area contributed by atoms with Crippen molar-refractivity contribution in [2.24, 2.45) is 0 Å². The Bertz CT molecular complexity index is 316.